The van der Waals surface area contributed by atoms with E-state index < -0.39 is 0 Å². The highest BCUT2D eigenvalue weighted by Crippen LogP contribution is 2.26. The molecular weight excluding hydrogens is 296 g/mol. The van der Waals surface area contributed by atoms with Gasteiger partial charge in [-0.3, -0.25) is 14.8 Å². The van der Waals surface area contributed by atoms with E-state index in [4.69, 9.17) is 0 Å². The van der Waals surface area contributed by atoms with Crippen LogP contribution in [0.25, 0.3) is 0 Å². The largest absolute Gasteiger partial charge is 0.340 e. The Hall–Kier alpha value is -1.66. The van der Waals surface area contributed by atoms with Gasteiger partial charge in [0, 0.05) is 19.8 Å². The Morgan fingerprint density at radius 1 is 1.50 bits per heavy atom. The maximum atomic E-state index is 12.3. The fourth-order valence-electron chi connectivity index (χ4n) is 2.97. The van der Waals surface area contributed by atoms with Crippen LogP contribution in [0.2, 0.25) is 0 Å². The average molecular weight is 318 g/mol. The topological polar surface area (TPSA) is 52.2 Å². The molecule has 1 aliphatic rings. The van der Waals surface area contributed by atoms with Crippen molar-refractivity contribution in [1.82, 2.24) is 20.0 Å². The zero-order chi connectivity index (χ0) is 15.4. The first kappa shape index (κ1) is 15.2. The number of nitrogens with one attached hydrogen (secondary N) is 1. The number of likely N-dealkylation sites (N-methyl/N-ethyl adjacent to an activating group) is 1. The molecule has 1 fully saturated rings. The lowest BCUT2D eigenvalue weighted by Crippen LogP contribution is -2.41. The number of H-pyrrole nitrogens is 1. The smallest absolute Gasteiger partial charge is 0.236 e. The summed E-state index contributed by atoms with van der Waals surface area (Å²) in [5.41, 5.74) is 2.50. The monoisotopic (exact) mass is 318 g/mol. The molecule has 0 aliphatic carbocycles. The lowest BCUT2D eigenvalue weighted by molar-refractivity contribution is -0.131. The zero-order valence-electron chi connectivity index (χ0n) is 12.9. The summed E-state index contributed by atoms with van der Waals surface area (Å²) in [6.45, 7) is 3.19. The third-order valence-electron chi connectivity index (χ3n) is 4.36. The van der Waals surface area contributed by atoms with Crippen molar-refractivity contribution >= 4 is 17.2 Å². The van der Waals surface area contributed by atoms with E-state index in [9.17, 15) is 4.79 Å². The van der Waals surface area contributed by atoms with E-state index in [0.29, 0.717) is 19.0 Å². The second-order valence-electron chi connectivity index (χ2n) is 5.96. The van der Waals surface area contributed by atoms with Crippen LogP contribution in [0.4, 0.5) is 0 Å². The molecule has 1 saturated heterocycles. The molecule has 3 heterocycles. The molecular formula is C16H22N4OS. The lowest BCUT2D eigenvalue weighted by Gasteiger charge is -2.32. The van der Waals surface area contributed by atoms with Gasteiger partial charge in [0.1, 0.15) is 0 Å². The molecule has 5 nitrogen and oxygen atoms in total. The van der Waals surface area contributed by atoms with Gasteiger partial charge >= 0.3 is 0 Å². The molecule has 2 aromatic rings. The molecule has 3 rings (SSSR count). The molecule has 0 aromatic carbocycles. The summed E-state index contributed by atoms with van der Waals surface area (Å²) >= 11 is 1.67. The number of thiophene rings is 1. The summed E-state index contributed by atoms with van der Waals surface area (Å²) in [6.07, 6.45) is 6.10. The average Bonchev–Trinajstić information content (AvgIpc) is 3.21. The van der Waals surface area contributed by atoms with Crippen LogP contribution in [0.1, 0.15) is 29.9 Å². The first-order valence-corrected chi connectivity index (χ1v) is 8.62. The SMILES string of the molecule is CN(Cc1ccsc1)C(=O)CN1CCC(c2cn[nH]c2)CC1. The Bertz CT molecular complexity index is 573. The third kappa shape index (κ3) is 3.75. The van der Waals surface area contributed by atoms with Crippen molar-refractivity contribution in [3.05, 3.63) is 40.3 Å². The van der Waals surface area contributed by atoms with Gasteiger partial charge in [-0.25, -0.2) is 0 Å². The van der Waals surface area contributed by atoms with Crippen molar-refractivity contribution in [3.63, 3.8) is 0 Å². The van der Waals surface area contributed by atoms with E-state index in [-0.39, 0.29) is 5.91 Å². The van der Waals surface area contributed by atoms with Crippen molar-refractivity contribution in [2.75, 3.05) is 26.7 Å². The van der Waals surface area contributed by atoms with Crippen LogP contribution in [0.15, 0.2) is 29.2 Å². The van der Waals surface area contributed by atoms with Gasteiger partial charge in [0.2, 0.25) is 5.91 Å². The number of likely N-dealkylation sites (tertiary alicyclic amines) is 1. The molecule has 2 aromatic heterocycles. The normalized spacial score (nSPS) is 16.8. The number of aromatic amines is 1. The molecule has 0 spiro atoms. The number of hydrogen-bond donors (Lipinski definition) is 1. The van der Waals surface area contributed by atoms with Crippen LogP contribution in [0, 0.1) is 0 Å². The molecule has 0 radical (unpaired) electrons. The minimum atomic E-state index is 0.202. The van der Waals surface area contributed by atoms with E-state index in [0.717, 1.165) is 25.9 Å². The Balaban J connectivity index is 1.45. The third-order valence-corrected chi connectivity index (χ3v) is 5.09. The fraction of sp³-hybridized carbons (Fsp3) is 0.500. The number of hydrogen-bond acceptors (Lipinski definition) is 4. The van der Waals surface area contributed by atoms with Crippen molar-refractivity contribution < 1.29 is 4.79 Å². The van der Waals surface area contributed by atoms with Crippen LogP contribution in [-0.4, -0.2) is 52.6 Å². The van der Waals surface area contributed by atoms with E-state index in [1.165, 1.54) is 11.1 Å². The summed E-state index contributed by atoms with van der Waals surface area (Å²) in [4.78, 5) is 16.4. The minimum absolute atomic E-state index is 0.202. The number of aromatic nitrogens is 2. The van der Waals surface area contributed by atoms with Gasteiger partial charge in [-0.1, -0.05) is 0 Å². The van der Waals surface area contributed by atoms with E-state index in [2.05, 4.69) is 26.5 Å². The first-order valence-electron chi connectivity index (χ1n) is 7.68. The Labute approximate surface area is 134 Å². The molecule has 0 bridgehead atoms. The Morgan fingerprint density at radius 3 is 2.95 bits per heavy atom. The Morgan fingerprint density at radius 2 is 2.32 bits per heavy atom. The van der Waals surface area contributed by atoms with Gasteiger partial charge in [-0.2, -0.15) is 16.4 Å². The molecule has 6 heteroatoms. The van der Waals surface area contributed by atoms with Crippen molar-refractivity contribution in [2.24, 2.45) is 0 Å². The van der Waals surface area contributed by atoms with Crippen molar-refractivity contribution in [2.45, 2.75) is 25.3 Å². The maximum absolute atomic E-state index is 12.3. The van der Waals surface area contributed by atoms with Crippen LogP contribution in [-0.2, 0) is 11.3 Å². The van der Waals surface area contributed by atoms with Gasteiger partial charge in [0.25, 0.3) is 0 Å². The predicted octanol–water partition coefficient (Wildman–Crippen LogP) is 2.31. The van der Waals surface area contributed by atoms with Gasteiger partial charge in [-0.15, -0.1) is 0 Å². The fourth-order valence-corrected chi connectivity index (χ4v) is 3.63. The van der Waals surface area contributed by atoms with E-state index in [1.54, 1.807) is 11.3 Å². The summed E-state index contributed by atoms with van der Waals surface area (Å²) in [5, 5.41) is 11.1. The number of piperidine rings is 1. The highest BCUT2D eigenvalue weighted by molar-refractivity contribution is 7.07. The van der Waals surface area contributed by atoms with Crippen LogP contribution in [0.5, 0.6) is 0 Å². The molecule has 22 heavy (non-hydrogen) atoms. The number of nitrogens with zero attached hydrogens (tertiary/aromatic N) is 3. The van der Waals surface area contributed by atoms with Gasteiger partial charge in [0.05, 0.1) is 12.7 Å². The zero-order valence-corrected chi connectivity index (χ0v) is 13.7. The molecule has 0 saturated carbocycles. The molecule has 1 aliphatic heterocycles. The van der Waals surface area contributed by atoms with Gasteiger partial charge in [-0.05, 0) is 59.8 Å². The number of carbonyl (C=O) groups excluding carboxylic acids is 1. The first-order chi connectivity index (χ1) is 10.7. The summed E-state index contributed by atoms with van der Waals surface area (Å²) < 4.78 is 0. The van der Waals surface area contributed by atoms with Crippen LogP contribution < -0.4 is 0 Å². The lowest BCUT2D eigenvalue weighted by atomic mass is 9.91. The number of carbonyl (C=O) groups is 1. The standard InChI is InChI=1S/C16H22N4OS/c1-19(10-13-4-7-22-12-13)16(21)11-20-5-2-14(3-6-20)15-8-17-18-9-15/h4,7-9,12,14H,2-3,5-6,10-11H2,1H3,(H,17,18). The molecule has 0 atom stereocenters. The summed E-state index contributed by atoms with van der Waals surface area (Å²) in [7, 11) is 1.89. The predicted molar refractivity (Wildman–Crippen MR) is 87.8 cm³/mol. The van der Waals surface area contributed by atoms with Crippen molar-refractivity contribution in [3.8, 4) is 0 Å². The highest BCUT2D eigenvalue weighted by atomic mass is 32.1. The number of amides is 1. The molecule has 0 unspecified atom stereocenters. The molecule has 1 amide bonds. The minimum Gasteiger partial charge on any atom is -0.340 e. The number of rotatable bonds is 5. The Kier molecular flexibility index (Phi) is 4.90. The van der Waals surface area contributed by atoms with Gasteiger partial charge in [0.15, 0.2) is 0 Å². The van der Waals surface area contributed by atoms with Crippen molar-refractivity contribution in [1.29, 1.82) is 0 Å². The summed E-state index contributed by atoms with van der Waals surface area (Å²) in [6, 6.07) is 2.07. The van der Waals surface area contributed by atoms with E-state index >= 15 is 0 Å². The molecule has 1 N–H and O–H groups in total. The second-order valence-corrected chi connectivity index (χ2v) is 6.74. The van der Waals surface area contributed by atoms with Gasteiger partial charge < -0.3 is 4.90 Å². The summed E-state index contributed by atoms with van der Waals surface area (Å²) in [5.74, 6) is 0.779. The second kappa shape index (κ2) is 7.07. The van der Waals surface area contributed by atoms with Crippen LogP contribution >= 0.6 is 11.3 Å². The highest BCUT2D eigenvalue weighted by Gasteiger charge is 2.23. The van der Waals surface area contributed by atoms with E-state index in [1.807, 2.05) is 29.7 Å². The molecule has 118 valence electrons. The quantitative estimate of drug-likeness (QED) is 0.920. The maximum Gasteiger partial charge on any atom is 0.236 e. The van der Waals surface area contributed by atoms with Crippen LogP contribution in [0.3, 0.4) is 0 Å².